The van der Waals surface area contributed by atoms with Crippen LogP contribution in [0.25, 0.3) is 0 Å². The summed E-state index contributed by atoms with van der Waals surface area (Å²) in [5, 5.41) is 3.00. The van der Waals surface area contributed by atoms with Crippen LogP contribution in [-0.2, 0) is 11.3 Å². The third-order valence-corrected chi connectivity index (χ3v) is 4.68. The Morgan fingerprint density at radius 2 is 2.17 bits per heavy atom. The second-order valence-electron chi connectivity index (χ2n) is 6.67. The van der Waals surface area contributed by atoms with E-state index in [4.69, 9.17) is 0 Å². The first kappa shape index (κ1) is 15.8. The highest BCUT2D eigenvalue weighted by Gasteiger charge is 2.22. The van der Waals surface area contributed by atoms with Gasteiger partial charge in [-0.3, -0.25) is 4.79 Å². The van der Waals surface area contributed by atoms with Gasteiger partial charge in [0.15, 0.2) is 0 Å². The number of amides is 3. The van der Waals surface area contributed by atoms with Crippen LogP contribution in [0.1, 0.15) is 38.2 Å². The second-order valence-corrected chi connectivity index (χ2v) is 6.67. The van der Waals surface area contributed by atoms with Gasteiger partial charge in [0.2, 0.25) is 5.91 Å². The quantitative estimate of drug-likeness (QED) is 0.932. The molecule has 2 fully saturated rings. The van der Waals surface area contributed by atoms with E-state index in [0.717, 1.165) is 43.7 Å². The zero-order chi connectivity index (χ0) is 16.2. The molecule has 2 aliphatic rings. The van der Waals surface area contributed by atoms with Crippen molar-refractivity contribution >= 4 is 17.6 Å². The van der Waals surface area contributed by atoms with Gasteiger partial charge < -0.3 is 15.1 Å². The van der Waals surface area contributed by atoms with E-state index in [2.05, 4.69) is 12.2 Å². The Labute approximate surface area is 137 Å². The standard InChI is InChI=1S/C18H25N3O2/c1-14-5-3-9-20(13-14)18(23)19-12-15-6-2-7-16(11-15)21-10-4-8-17(21)22/h2,6-7,11,14H,3-5,8-10,12-13H2,1H3,(H,19,23). The van der Waals surface area contributed by atoms with Crippen molar-refractivity contribution in [2.24, 2.45) is 5.92 Å². The summed E-state index contributed by atoms with van der Waals surface area (Å²) >= 11 is 0. The molecule has 3 amide bonds. The largest absolute Gasteiger partial charge is 0.334 e. The summed E-state index contributed by atoms with van der Waals surface area (Å²) in [6.45, 7) is 5.17. The first-order chi connectivity index (χ1) is 11.1. The minimum absolute atomic E-state index is 0.0131. The molecule has 5 nitrogen and oxygen atoms in total. The molecule has 1 atom stereocenters. The van der Waals surface area contributed by atoms with E-state index in [1.165, 1.54) is 6.42 Å². The van der Waals surface area contributed by atoms with Crippen LogP contribution in [0.5, 0.6) is 0 Å². The average molecular weight is 315 g/mol. The molecule has 0 bridgehead atoms. The first-order valence-corrected chi connectivity index (χ1v) is 8.55. The summed E-state index contributed by atoms with van der Waals surface area (Å²) in [6, 6.07) is 7.91. The van der Waals surface area contributed by atoms with E-state index in [0.29, 0.717) is 18.9 Å². The fraction of sp³-hybridized carbons (Fsp3) is 0.556. The molecule has 0 spiro atoms. The highest BCUT2D eigenvalue weighted by Crippen LogP contribution is 2.22. The highest BCUT2D eigenvalue weighted by molar-refractivity contribution is 5.95. The smallest absolute Gasteiger partial charge is 0.317 e. The maximum absolute atomic E-state index is 12.3. The first-order valence-electron chi connectivity index (χ1n) is 8.55. The van der Waals surface area contributed by atoms with E-state index in [9.17, 15) is 9.59 Å². The molecule has 3 rings (SSSR count). The molecule has 0 aliphatic carbocycles. The Kier molecular flexibility index (Phi) is 4.84. The van der Waals surface area contributed by atoms with Crippen molar-refractivity contribution in [3.05, 3.63) is 29.8 Å². The third-order valence-electron chi connectivity index (χ3n) is 4.68. The molecule has 2 heterocycles. The van der Waals surface area contributed by atoms with Gasteiger partial charge in [0.05, 0.1) is 0 Å². The second kappa shape index (κ2) is 7.02. The van der Waals surface area contributed by atoms with Gasteiger partial charge in [-0.2, -0.15) is 0 Å². The molecular formula is C18H25N3O2. The number of carbonyl (C=O) groups is 2. The molecule has 124 valence electrons. The minimum Gasteiger partial charge on any atom is -0.334 e. The predicted molar refractivity (Wildman–Crippen MR) is 90.2 cm³/mol. The molecule has 1 N–H and O–H groups in total. The molecule has 1 unspecified atom stereocenters. The molecule has 5 heteroatoms. The summed E-state index contributed by atoms with van der Waals surface area (Å²) in [6.07, 6.45) is 3.85. The number of hydrogen-bond donors (Lipinski definition) is 1. The summed E-state index contributed by atoms with van der Waals surface area (Å²) in [5.41, 5.74) is 1.96. The van der Waals surface area contributed by atoms with E-state index in [1.54, 1.807) is 0 Å². The number of likely N-dealkylation sites (tertiary alicyclic amines) is 1. The third kappa shape index (κ3) is 3.84. The molecule has 1 aromatic carbocycles. The lowest BCUT2D eigenvalue weighted by Crippen LogP contribution is -2.44. The lowest BCUT2D eigenvalue weighted by Gasteiger charge is -2.31. The van der Waals surface area contributed by atoms with Gasteiger partial charge in [-0.1, -0.05) is 19.1 Å². The van der Waals surface area contributed by atoms with Gasteiger partial charge in [0.25, 0.3) is 0 Å². The number of hydrogen-bond acceptors (Lipinski definition) is 2. The van der Waals surface area contributed by atoms with Crippen LogP contribution < -0.4 is 10.2 Å². The Balaban J connectivity index is 1.58. The van der Waals surface area contributed by atoms with E-state index < -0.39 is 0 Å². The van der Waals surface area contributed by atoms with Gasteiger partial charge in [-0.25, -0.2) is 4.79 Å². The van der Waals surface area contributed by atoms with Gasteiger partial charge in [-0.15, -0.1) is 0 Å². The number of urea groups is 1. The van der Waals surface area contributed by atoms with Crippen molar-refractivity contribution in [3.8, 4) is 0 Å². The molecule has 2 aliphatic heterocycles. The van der Waals surface area contributed by atoms with Crippen molar-refractivity contribution < 1.29 is 9.59 Å². The van der Waals surface area contributed by atoms with E-state index in [1.807, 2.05) is 34.1 Å². The molecule has 1 aromatic rings. The number of nitrogens with one attached hydrogen (secondary N) is 1. The summed E-state index contributed by atoms with van der Waals surface area (Å²) in [7, 11) is 0. The van der Waals surface area contributed by atoms with Crippen LogP contribution in [0, 0.1) is 5.92 Å². The SMILES string of the molecule is CC1CCCN(C(=O)NCc2cccc(N3CCCC3=O)c2)C1. The van der Waals surface area contributed by atoms with Crippen molar-refractivity contribution in [2.45, 2.75) is 39.2 Å². The van der Waals surface area contributed by atoms with Crippen LogP contribution in [0.15, 0.2) is 24.3 Å². The Morgan fingerprint density at radius 1 is 1.30 bits per heavy atom. The zero-order valence-corrected chi connectivity index (χ0v) is 13.8. The number of benzene rings is 1. The summed E-state index contributed by atoms with van der Waals surface area (Å²) in [4.78, 5) is 27.8. The van der Waals surface area contributed by atoms with Gasteiger partial charge in [0.1, 0.15) is 0 Å². The Bertz CT molecular complexity index is 587. The average Bonchev–Trinajstić information content (AvgIpc) is 2.99. The fourth-order valence-corrected chi connectivity index (χ4v) is 3.42. The lowest BCUT2D eigenvalue weighted by atomic mass is 10.0. The van der Waals surface area contributed by atoms with Crippen LogP contribution in [0.3, 0.4) is 0 Å². The molecule has 2 saturated heterocycles. The van der Waals surface area contributed by atoms with Crippen molar-refractivity contribution in [2.75, 3.05) is 24.5 Å². The van der Waals surface area contributed by atoms with Gasteiger partial charge in [-0.05, 0) is 42.9 Å². The molecular weight excluding hydrogens is 290 g/mol. The number of anilines is 1. The van der Waals surface area contributed by atoms with Crippen LogP contribution in [0.4, 0.5) is 10.5 Å². The van der Waals surface area contributed by atoms with E-state index >= 15 is 0 Å². The monoisotopic (exact) mass is 315 g/mol. The number of nitrogens with zero attached hydrogens (tertiary/aromatic N) is 2. The van der Waals surface area contributed by atoms with Crippen LogP contribution in [0.2, 0.25) is 0 Å². The zero-order valence-electron chi connectivity index (χ0n) is 13.8. The number of piperidine rings is 1. The van der Waals surface area contributed by atoms with E-state index in [-0.39, 0.29) is 11.9 Å². The normalized spacial score (nSPS) is 21.6. The molecule has 23 heavy (non-hydrogen) atoms. The van der Waals surface area contributed by atoms with Gasteiger partial charge >= 0.3 is 6.03 Å². The predicted octanol–water partition coefficient (Wildman–Crippen LogP) is 2.75. The van der Waals surface area contributed by atoms with Gasteiger partial charge in [0, 0.05) is 38.3 Å². The van der Waals surface area contributed by atoms with Crippen molar-refractivity contribution in [1.82, 2.24) is 10.2 Å². The Hall–Kier alpha value is -2.04. The summed E-state index contributed by atoms with van der Waals surface area (Å²) < 4.78 is 0. The Morgan fingerprint density at radius 3 is 2.91 bits per heavy atom. The topological polar surface area (TPSA) is 52.7 Å². The summed E-state index contributed by atoms with van der Waals surface area (Å²) in [5.74, 6) is 0.771. The molecule has 0 saturated carbocycles. The fourth-order valence-electron chi connectivity index (χ4n) is 3.42. The maximum atomic E-state index is 12.3. The van der Waals surface area contributed by atoms with Crippen molar-refractivity contribution in [3.63, 3.8) is 0 Å². The highest BCUT2D eigenvalue weighted by atomic mass is 16.2. The van der Waals surface area contributed by atoms with Crippen molar-refractivity contribution in [1.29, 1.82) is 0 Å². The number of rotatable bonds is 3. The molecule has 0 aromatic heterocycles. The minimum atomic E-state index is 0.0131. The van der Waals surface area contributed by atoms with Crippen LogP contribution >= 0.6 is 0 Å². The maximum Gasteiger partial charge on any atom is 0.317 e. The van der Waals surface area contributed by atoms with Crippen LogP contribution in [-0.4, -0.2) is 36.5 Å². The number of carbonyl (C=O) groups excluding carboxylic acids is 2. The lowest BCUT2D eigenvalue weighted by molar-refractivity contribution is -0.117. The molecule has 0 radical (unpaired) electrons.